The number of hydrogen-bond acceptors (Lipinski definition) is 18. The SMILES string of the molecule is CCSSc1cccc(C)c1OC(=O)C[C@H](NC(=O)[C@H](Cc1ccccc1)NC(=O)[C@H](C(C)C)N(C)C(=O)[C@H](CC(C)C)N(C)C(=O)CNC(=O)[C@H](Cc1ccccc1)N(C)C(=O)[C@H]([C@@H](C)O)N1C(=O)[C@@H](N(C)C(=O)[C@@H](NC(=O)[C@H](C)NC)C(C)C)CC1C)C(=O)N(C)C(Cc1ccccc1)C(=O)N[C@@H](C)C(=O)N1CCCCC1. The average molecular weight is 1620 g/mol. The highest BCUT2D eigenvalue weighted by molar-refractivity contribution is 8.76. The van der Waals surface area contributed by atoms with Crippen molar-refractivity contribution in [3.63, 3.8) is 0 Å². The molecule has 28 nitrogen and oxygen atoms in total. The van der Waals surface area contributed by atoms with Gasteiger partial charge < -0.3 is 76.0 Å². The number of piperidine rings is 1. The van der Waals surface area contributed by atoms with Crippen LogP contribution in [-0.4, -0.2) is 263 Å². The predicted octanol–water partition coefficient (Wildman–Crippen LogP) is 5.34. The van der Waals surface area contributed by atoms with Crippen LogP contribution in [0.1, 0.15) is 137 Å². The summed E-state index contributed by atoms with van der Waals surface area (Å²) >= 11 is 0. The molecule has 0 bridgehead atoms. The lowest BCUT2D eigenvalue weighted by molar-refractivity contribution is -0.154. The van der Waals surface area contributed by atoms with E-state index >= 15 is 24.0 Å². The van der Waals surface area contributed by atoms with Crippen LogP contribution in [-0.2, 0) is 81.6 Å². The molecule has 2 unspecified atom stereocenters. The molecule has 30 heteroatoms. The maximum Gasteiger partial charge on any atom is 0.313 e. The number of nitrogens with one attached hydrogen (secondary N) is 6. The molecule has 2 fully saturated rings. The number of nitrogens with zero attached hydrogens (tertiary/aromatic N) is 7. The van der Waals surface area contributed by atoms with Crippen LogP contribution in [0.4, 0.5) is 0 Å². The number of benzene rings is 4. The van der Waals surface area contributed by atoms with Gasteiger partial charge in [-0.2, -0.15) is 0 Å². The van der Waals surface area contributed by atoms with E-state index in [1.807, 2.05) is 26.8 Å². The number of aliphatic hydroxyl groups excluding tert-OH is 1. The third-order valence-corrected chi connectivity index (χ3v) is 23.6. The summed E-state index contributed by atoms with van der Waals surface area (Å²) in [5.74, 6) is -9.35. The lowest BCUT2D eigenvalue weighted by Gasteiger charge is -2.38. The van der Waals surface area contributed by atoms with Gasteiger partial charge in [0.1, 0.15) is 66.2 Å². The number of ether oxygens (including phenoxy) is 1. The maximum atomic E-state index is 15.5. The van der Waals surface area contributed by atoms with E-state index in [9.17, 15) is 43.5 Å². The van der Waals surface area contributed by atoms with Gasteiger partial charge in [-0.25, -0.2) is 0 Å². The molecule has 2 aliphatic rings. The minimum absolute atomic E-state index is 0.0397. The van der Waals surface area contributed by atoms with Gasteiger partial charge >= 0.3 is 5.97 Å². The highest BCUT2D eigenvalue weighted by atomic mass is 33.1. The van der Waals surface area contributed by atoms with Crippen LogP contribution in [0.3, 0.4) is 0 Å². The maximum absolute atomic E-state index is 15.5. The molecule has 0 radical (unpaired) electrons. The van der Waals surface area contributed by atoms with Crippen LogP contribution in [0.5, 0.6) is 5.75 Å². The van der Waals surface area contributed by atoms with Gasteiger partial charge in [0, 0.05) is 79.4 Å². The Kier molecular flexibility index (Phi) is 36.5. The van der Waals surface area contributed by atoms with Crippen LogP contribution < -0.4 is 36.6 Å². The molecule has 12 amide bonds. The van der Waals surface area contributed by atoms with Gasteiger partial charge in [0.15, 0.2) is 0 Å². The summed E-state index contributed by atoms with van der Waals surface area (Å²) in [6, 6.07) is 17.3. The molecule has 624 valence electrons. The Morgan fingerprint density at radius 3 is 1.64 bits per heavy atom. The molecule has 114 heavy (non-hydrogen) atoms. The molecular formula is C84H121N13O15S2. The van der Waals surface area contributed by atoms with E-state index in [1.165, 1.54) is 83.3 Å². The molecule has 4 aromatic carbocycles. The number of amides is 12. The number of likely N-dealkylation sites (tertiary alicyclic amines) is 2. The van der Waals surface area contributed by atoms with Crippen molar-refractivity contribution in [3.05, 3.63) is 131 Å². The number of hydrogen-bond donors (Lipinski definition) is 7. The fraction of sp³-hybridized carbons (Fsp3) is 0.560. The number of para-hydroxylation sites is 1. The standard InChI is InChI=1S/C84H121N13O15S2/c1-19-113-114-67-40-32-33-53(8)73(67)112-69(100)48-62(80(107)92(15)64(47-60-38-28-22-29-39-60)77(104)87-56(11)79(106)96-41-30-23-31-42-96)89-75(102)61(45-58-34-24-20-25-35-58)88-78(105)71(52(6)7)95(18)81(108)65(43-50(2)3)91(14)68(99)49-86-76(103)63(46-59-36-26-21-27-37-59)93(16)84(111)72(57(12)98)97-54(9)44-66(82(97)109)94(17)83(110)70(51(4)5)90-74(101)55(10)85-13/h20-22,24-29,32-40,50-52,54-57,61-66,70-72,85,98H,19,23,30-31,41-49H2,1-18H3,(H,86,103)(H,87,104)(H,88,105)(H,89,102)(H,90,101)/t54?,55-,56-,57+,61-,62-,63-,64?,65-,66-,70-,71-,72-/m0/s1. The predicted molar refractivity (Wildman–Crippen MR) is 440 cm³/mol. The third-order valence-electron chi connectivity index (χ3n) is 21.1. The first-order valence-corrected chi connectivity index (χ1v) is 41.8. The summed E-state index contributed by atoms with van der Waals surface area (Å²) in [7, 11) is 11.5. The fourth-order valence-electron chi connectivity index (χ4n) is 14.3. The number of aryl methyl sites for hydroxylation is 1. The molecule has 2 heterocycles. The first-order chi connectivity index (χ1) is 53.9. The van der Waals surface area contributed by atoms with Crippen LogP contribution in [0.15, 0.2) is 114 Å². The van der Waals surface area contributed by atoms with Crippen molar-refractivity contribution in [1.82, 2.24) is 66.2 Å². The average Bonchev–Trinajstić information content (AvgIpc) is 1.61. The van der Waals surface area contributed by atoms with Crippen molar-refractivity contribution in [2.24, 2.45) is 17.8 Å². The van der Waals surface area contributed by atoms with E-state index in [1.54, 1.807) is 170 Å². The van der Waals surface area contributed by atoms with Gasteiger partial charge in [-0.1, -0.05) is 173 Å². The zero-order chi connectivity index (χ0) is 84.5. The highest BCUT2D eigenvalue weighted by Crippen LogP contribution is 2.39. The molecule has 2 saturated heterocycles. The molecule has 2 aliphatic heterocycles. The Morgan fingerprint density at radius 2 is 1.11 bits per heavy atom. The summed E-state index contributed by atoms with van der Waals surface area (Å²) in [5.41, 5.74) is 2.47. The Morgan fingerprint density at radius 1 is 0.570 bits per heavy atom. The van der Waals surface area contributed by atoms with E-state index in [-0.39, 0.29) is 55.6 Å². The lowest BCUT2D eigenvalue weighted by Crippen LogP contribution is -2.62. The zero-order valence-corrected chi connectivity index (χ0v) is 71.1. The molecule has 0 aliphatic carbocycles. The third kappa shape index (κ3) is 25.6. The van der Waals surface area contributed by atoms with E-state index in [2.05, 4.69) is 31.9 Å². The lowest BCUT2D eigenvalue weighted by atomic mass is 9.96. The number of likely N-dealkylation sites (N-methyl/N-ethyl adjacent to an activating group) is 6. The van der Waals surface area contributed by atoms with Crippen molar-refractivity contribution < 1.29 is 72.2 Å². The summed E-state index contributed by atoms with van der Waals surface area (Å²) in [6.07, 6.45) is 0.200. The van der Waals surface area contributed by atoms with Crippen molar-refractivity contribution in [2.75, 3.05) is 67.7 Å². The summed E-state index contributed by atoms with van der Waals surface area (Å²) in [4.78, 5) is 200. The molecule has 0 saturated carbocycles. The van der Waals surface area contributed by atoms with Gasteiger partial charge in [-0.05, 0) is 120 Å². The van der Waals surface area contributed by atoms with Crippen LogP contribution in [0.2, 0.25) is 0 Å². The Bertz CT molecular complexity index is 3950. The van der Waals surface area contributed by atoms with Crippen molar-refractivity contribution >= 4 is 98.4 Å². The second kappa shape index (κ2) is 44.5. The van der Waals surface area contributed by atoms with Crippen molar-refractivity contribution in [3.8, 4) is 5.75 Å². The molecular weight excluding hydrogens is 1500 g/mol. The highest BCUT2D eigenvalue weighted by Gasteiger charge is 2.50. The van der Waals surface area contributed by atoms with Crippen LogP contribution >= 0.6 is 21.6 Å². The number of carbonyl (C=O) groups excluding carboxylic acids is 13. The minimum atomic E-state index is -1.74. The number of rotatable bonds is 40. The normalized spacial score (nSPS) is 17.1. The second-order valence-electron chi connectivity index (χ2n) is 31.0. The van der Waals surface area contributed by atoms with Gasteiger partial charge in [0.25, 0.3) is 0 Å². The largest absolute Gasteiger partial charge is 0.425 e. The molecule has 6 rings (SSSR count). The number of esters is 1. The summed E-state index contributed by atoms with van der Waals surface area (Å²) in [6.45, 7) is 21.0. The van der Waals surface area contributed by atoms with E-state index in [4.69, 9.17) is 4.74 Å². The first kappa shape index (κ1) is 93.5. The van der Waals surface area contributed by atoms with E-state index in [0.717, 1.165) is 34.8 Å². The Labute approximate surface area is 680 Å². The summed E-state index contributed by atoms with van der Waals surface area (Å²) in [5, 5.41) is 28.3. The molecule has 0 spiro atoms. The van der Waals surface area contributed by atoms with Gasteiger partial charge in [0.05, 0.1) is 30.0 Å². The molecule has 7 N–H and O–H groups in total. The van der Waals surface area contributed by atoms with Gasteiger partial charge in [-0.15, -0.1) is 0 Å². The van der Waals surface area contributed by atoms with E-state index < -0.39 is 168 Å². The Balaban J connectivity index is 1.27. The van der Waals surface area contributed by atoms with E-state index in [0.29, 0.717) is 40.2 Å². The Hall–Kier alpha value is -9.39. The monoisotopic (exact) mass is 1620 g/mol. The smallest absolute Gasteiger partial charge is 0.313 e. The van der Waals surface area contributed by atoms with Crippen molar-refractivity contribution in [2.45, 2.75) is 224 Å². The molecule has 4 aromatic rings. The van der Waals surface area contributed by atoms with Gasteiger partial charge in [-0.3, -0.25) is 62.3 Å². The molecule has 13 atom stereocenters. The number of carbonyl (C=O) groups is 13. The van der Waals surface area contributed by atoms with Crippen molar-refractivity contribution in [1.29, 1.82) is 0 Å². The number of aliphatic hydroxyl groups is 1. The topological polar surface area (TPSA) is 346 Å². The first-order valence-electron chi connectivity index (χ1n) is 39.4. The zero-order valence-electron chi connectivity index (χ0n) is 69.4. The minimum Gasteiger partial charge on any atom is -0.425 e. The quantitative estimate of drug-likeness (QED) is 0.0168. The fourth-order valence-corrected chi connectivity index (χ4v) is 16.1. The van der Waals surface area contributed by atoms with Crippen LogP contribution in [0.25, 0.3) is 0 Å². The van der Waals surface area contributed by atoms with Gasteiger partial charge in [0.2, 0.25) is 70.9 Å². The second-order valence-corrected chi connectivity index (χ2v) is 33.7. The summed E-state index contributed by atoms with van der Waals surface area (Å²) < 4.78 is 6.08. The van der Waals surface area contributed by atoms with Crippen LogP contribution in [0, 0.1) is 24.7 Å². The molecule has 0 aromatic heterocycles.